The van der Waals surface area contributed by atoms with E-state index >= 15 is 0 Å². The van der Waals surface area contributed by atoms with Crippen LogP contribution in [0.15, 0.2) is 84.9 Å². The predicted octanol–water partition coefficient (Wildman–Crippen LogP) is 5.77. The molecule has 1 fully saturated rings. The zero-order valence-corrected chi connectivity index (χ0v) is 24.3. The molecule has 0 saturated carbocycles. The first-order chi connectivity index (χ1) is 21.0. The fourth-order valence-corrected chi connectivity index (χ4v) is 5.39. The van der Waals surface area contributed by atoms with E-state index in [4.69, 9.17) is 24.5 Å². The van der Waals surface area contributed by atoms with Crippen molar-refractivity contribution in [2.45, 2.75) is 32.1 Å². The minimum absolute atomic E-state index is 0.0160. The Hall–Kier alpha value is -5.12. The van der Waals surface area contributed by atoms with E-state index in [1.54, 1.807) is 11.7 Å². The van der Waals surface area contributed by atoms with Gasteiger partial charge in [-0.15, -0.1) is 0 Å². The smallest absolute Gasteiger partial charge is 0.407 e. The number of aromatic nitrogens is 4. The van der Waals surface area contributed by atoms with E-state index in [9.17, 15) is 9.90 Å². The Morgan fingerprint density at radius 2 is 1.53 bits per heavy atom. The van der Waals surface area contributed by atoms with Gasteiger partial charge in [0.25, 0.3) is 0 Å². The van der Waals surface area contributed by atoms with E-state index in [1.165, 1.54) is 4.90 Å². The molecule has 10 heteroatoms. The second-order valence-corrected chi connectivity index (χ2v) is 10.7. The van der Waals surface area contributed by atoms with Crippen LogP contribution in [0.5, 0.6) is 11.8 Å². The van der Waals surface area contributed by atoms with Crippen LogP contribution in [0.4, 0.5) is 10.6 Å². The first-order valence-electron chi connectivity index (χ1n) is 14.4. The van der Waals surface area contributed by atoms with Gasteiger partial charge in [-0.25, -0.2) is 14.5 Å². The first kappa shape index (κ1) is 28.0. The molecule has 0 spiro atoms. The van der Waals surface area contributed by atoms with Gasteiger partial charge < -0.3 is 24.4 Å². The van der Waals surface area contributed by atoms with Gasteiger partial charge in [0.2, 0.25) is 11.8 Å². The maximum atomic E-state index is 11.4. The molecule has 0 unspecified atom stereocenters. The number of hydrogen-bond acceptors (Lipinski definition) is 7. The molecule has 1 amide bonds. The molecule has 6 rings (SSSR count). The van der Waals surface area contributed by atoms with Crippen LogP contribution in [-0.4, -0.2) is 62.0 Å². The summed E-state index contributed by atoms with van der Waals surface area (Å²) in [7, 11) is 3.52. The molecular formula is C33H34N6O4. The highest BCUT2D eigenvalue weighted by molar-refractivity contribution is 5.93. The van der Waals surface area contributed by atoms with Crippen molar-refractivity contribution >= 4 is 22.9 Å². The van der Waals surface area contributed by atoms with Gasteiger partial charge in [-0.2, -0.15) is 10.1 Å². The predicted molar refractivity (Wildman–Crippen MR) is 164 cm³/mol. The van der Waals surface area contributed by atoms with Gasteiger partial charge in [0.15, 0.2) is 5.65 Å². The molecule has 220 valence electrons. The third-order valence-corrected chi connectivity index (χ3v) is 7.85. The van der Waals surface area contributed by atoms with Crippen LogP contribution in [0.25, 0.3) is 22.3 Å². The number of anilines is 1. The number of rotatable bonds is 9. The number of piperidine rings is 1. The number of carbonyl (C=O) groups is 1. The zero-order valence-electron chi connectivity index (χ0n) is 24.3. The van der Waals surface area contributed by atoms with Crippen molar-refractivity contribution in [1.82, 2.24) is 24.6 Å². The number of carboxylic acid groups (broad SMARTS) is 1. The first-order valence-corrected chi connectivity index (χ1v) is 14.4. The Morgan fingerprint density at radius 3 is 2.19 bits per heavy atom. The van der Waals surface area contributed by atoms with Crippen LogP contribution in [0.3, 0.4) is 0 Å². The number of benzene rings is 2. The molecule has 0 bridgehead atoms. The van der Waals surface area contributed by atoms with Crippen LogP contribution in [-0.2, 0) is 20.3 Å². The standard InChI is InChI=1S/C33H34N6O4/c1-37(33(40)41)25-17-19-39(20-18-25)28-15-13-26-30(36-38(2)31(26)34-28)27-14-16-29(42-21-23-9-5-3-6-10-23)35-32(27)43-22-24-11-7-4-8-12-24/h3-16,25H,17-22H2,1-2H3,(H,40,41). The molecule has 1 N–H and O–H groups in total. The molecule has 4 heterocycles. The molecule has 43 heavy (non-hydrogen) atoms. The molecule has 1 aliphatic rings. The van der Waals surface area contributed by atoms with E-state index in [1.807, 2.05) is 92.0 Å². The van der Waals surface area contributed by atoms with Crippen molar-refractivity contribution in [3.63, 3.8) is 0 Å². The third-order valence-electron chi connectivity index (χ3n) is 7.85. The number of fused-ring (bicyclic) bond motifs is 1. The quantitative estimate of drug-likeness (QED) is 0.235. The maximum Gasteiger partial charge on any atom is 0.407 e. The monoisotopic (exact) mass is 578 g/mol. The number of hydrogen-bond donors (Lipinski definition) is 1. The number of pyridine rings is 2. The molecule has 1 aliphatic heterocycles. The topological polar surface area (TPSA) is 106 Å². The Labute approximate surface area is 250 Å². The summed E-state index contributed by atoms with van der Waals surface area (Å²) in [6.45, 7) is 2.21. The van der Waals surface area contributed by atoms with Crippen molar-refractivity contribution in [3.8, 4) is 23.0 Å². The summed E-state index contributed by atoms with van der Waals surface area (Å²) in [6, 6.07) is 27.8. The Kier molecular flexibility index (Phi) is 8.08. The van der Waals surface area contributed by atoms with Crippen LogP contribution in [0, 0.1) is 0 Å². The lowest BCUT2D eigenvalue weighted by atomic mass is 10.0. The van der Waals surface area contributed by atoms with Crippen LogP contribution < -0.4 is 14.4 Å². The second kappa shape index (κ2) is 12.4. The largest absolute Gasteiger partial charge is 0.473 e. The number of nitrogens with zero attached hydrogens (tertiary/aromatic N) is 6. The Morgan fingerprint density at radius 1 is 0.884 bits per heavy atom. The van der Waals surface area contributed by atoms with E-state index in [0.29, 0.717) is 25.0 Å². The van der Waals surface area contributed by atoms with Crippen molar-refractivity contribution in [2.24, 2.45) is 7.05 Å². The number of amides is 1. The summed E-state index contributed by atoms with van der Waals surface area (Å²) in [5, 5.41) is 15.1. The SMILES string of the molecule is CN(C(=O)O)C1CCN(c2ccc3c(-c4ccc(OCc5ccccc5)nc4OCc4ccccc4)nn(C)c3n2)CC1. The van der Waals surface area contributed by atoms with E-state index in [-0.39, 0.29) is 6.04 Å². The second-order valence-electron chi connectivity index (χ2n) is 10.7. The Balaban J connectivity index is 1.27. The number of aryl methyl sites for hydroxylation is 1. The van der Waals surface area contributed by atoms with Gasteiger partial charge in [0.1, 0.15) is 24.7 Å². The molecule has 3 aromatic heterocycles. The highest BCUT2D eigenvalue weighted by atomic mass is 16.5. The van der Waals surface area contributed by atoms with Crippen molar-refractivity contribution < 1.29 is 19.4 Å². The van der Waals surface area contributed by atoms with E-state index < -0.39 is 6.09 Å². The molecule has 0 radical (unpaired) electrons. The highest BCUT2D eigenvalue weighted by Crippen LogP contribution is 2.36. The summed E-state index contributed by atoms with van der Waals surface area (Å²) in [4.78, 5) is 24.7. The minimum atomic E-state index is -0.891. The lowest BCUT2D eigenvalue weighted by Gasteiger charge is -2.36. The molecule has 0 atom stereocenters. The third kappa shape index (κ3) is 6.23. The summed E-state index contributed by atoms with van der Waals surface area (Å²) >= 11 is 0. The normalized spacial score (nSPS) is 13.7. The van der Waals surface area contributed by atoms with Crippen molar-refractivity contribution in [2.75, 3.05) is 25.0 Å². The molecule has 2 aromatic carbocycles. The fraction of sp³-hybridized carbons (Fsp3) is 0.273. The van der Waals surface area contributed by atoms with Gasteiger partial charge in [-0.05, 0) is 42.2 Å². The minimum Gasteiger partial charge on any atom is -0.473 e. The van der Waals surface area contributed by atoms with Crippen LogP contribution in [0.2, 0.25) is 0 Å². The van der Waals surface area contributed by atoms with Crippen molar-refractivity contribution in [1.29, 1.82) is 0 Å². The molecule has 0 aliphatic carbocycles. The molecule has 10 nitrogen and oxygen atoms in total. The lowest BCUT2D eigenvalue weighted by Crippen LogP contribution is -2.45. The fourth-order valence-electron chi connectivity index (χ4n) is 5.39. The average molecular weight is 579 g/mol. The van der Waals surface area contributed by atoms with Gasteiger partial charge in [-0.1, -0.05) is 60.7 Å². The lowest BCUT2D eigenvalue weighted by molar-refractivity contribution is 0.131. The highest BCUT2D eigenvalue weighted by Gasteiger charge is 2.26. The molecule has 1 saturated heterocycles. The molecular weight excluding hydrogens is 544 g/mol. The van der Waals surface area contributed by atoms with Crippen molar-refractivity contribution in [3.05, 3.63) is 96.1 Å². The molecule has 5 aromatic rings. The summed E-state index contributed by atoms with van der Waals surface area (Å²) in [5.74, 6) is 1.75. The maximum absolute atomic E-state index is 11.4. The zero-order chi connectivity index (χ0) is 29.8. The van der Waals surface area contributed by atoms with E-state index in [2.05, 4.69) is 4.90 Å². The van der Waals surface area contributed by atoms with Crippen LogP contribution >= 0.6 is 0 Å². The van der Waals surface area contributed by atoms with Gasteiger partial charge in [0, 0.05) is 44.7 Å². The van der Waals surface area contributed by atoms with Gasteiger partial charge in [0.05, 0.1) is 5.56 Å². The average Bonchev–Trinajstić information content (AvgIpc) is 3.38. The Bertz CT molecular complexity index is 1700. The number of ether oxygens (including phenoxy) is 2. The van der Waals surface area contributed by atoms with Gasteiger partial charge >= 0.3 is 6.09 Å². The summed E-state index contributed by atoms with van der Waals surface area (Å²) < 4.78 is 14.1. The van der Waals surface area contributed by atoms with Gasteiger partial charge in [-0.3, -0.25) is 0 Å². The summed E-state index contributed by atoms with van der Waals surface area (Å²) in [6.07, 6.45) is 0.620. The van der Waals surface area contributed by atoms with Crippen LogP contribution in [0.1, 0.15) is 24.0 Å². The summed E-state index contributed by atoms with van der Waals surface area (Å²) in [5.41, 5.74) is 4.30. The van der Waals surface area contributed by atoms with E-state index in [0.717, 1.165) is 65.2 Å².